The zero-order valence-electron chi connectivity index (χ0n) is 27.9. The van der Waals surface area contributed by atoms with E-state index in [-0.39, 0.29) is 0 Å². The lowest BCUT2D eigenvalue weighted by Gasteiger charge is -2.13. The first kappa shape index (κ1) is 39.2. The van der Waals surface area contributed by atoms with E-state index in [9.17, 15) is 0 Å². The summed E-state index contributed by atoms with van der Waals surface area (Å²) in [4.78, 5) is 7.82. The van der Waals surface area contributed by atoms with Gasteiger partial charge in [-0.1, -0.05) is 182 Å². The van der Waals surface area contributed by atoms with Gasteiger partial charge in [0.2, 0.25) is 0 Å². The number of hydrogen-bond donors (Lipinski definition) is 2. The lowest BCUT2D eigenvalue weighted by molar-refractivity contribution is -0.191. The highest BCUT2D eigenvalue weighted by Gasteiger charge is 2.08. The minimum atomic E-state index is 0.639. The van der Waals surface area contributed by atoms with Crippen LogP contribution in [0, 0.1) is 0 Å². The maximum Gasteiger partial charge on any atom is 0.148 e. The summed E-state index contributed by atoms with van der Waals surface area (Å²) in [5.74, 6) is 0. The molecule has 2 rings (SSSR count). The van der Waals surface area contributed by atoms with Crippen molar-refractivity contribution in [1.29, 1.82) is 0 Å². The van der Waals surface area contributed by atoms with Crippen LogP contribution in [0.4, 0.5) is 11.4 Å². The maximum absolute atomic E-state index is 5.39. The highest BCUT2D eigenvalue weighted by molar-refractivity contribution is 8.76. The Morgan fingerprint density at radius 1 is 0.500 bits per heavy atom. The molecule has 0 fully saturated rings. The van der Waals surface area contributed by atoms with Gasteiger partial charge in [0.1, 0.15) is 12.2 Å². The van der Waals surface area contributed by atoms with Crippen LogP contribution in [0.3, 0.4) is 0 Å². The monoisotopic (exact) mass is 662 g/mol. The number of anilines is 2. The first-order valence-electron chi connectivity index (χ1n) is 17.8. The average Bonchev–Trinajstić information content (AvgIpc) is 3.05. The van der Waals surface area contributed by atoms with Gasteiger partial charge < -0.3 is 10.0 Å². The summed E-state index contributed by atoms with van der Waals surface area (Å²) in [5, 5.41) is 3.69. The van der Waals surface area contributed by atoms with Gasteiger partial charge in [-0.15, -0.1) is 4.33 Å². The number of rotatable bonds is 31. The molecule has 0 aliphatic heterocycles. The maximum atomic E-state index is 5.39. The summed E-state index contributed by atoms with van der Waals surface area (Å²) in [5.41, 5.74) is 2.25. The number of benzene rings is 2. The molecule has 0 heterocycles. The fraction of sp³-hybridized carbons (Fsp3) is 0.676. The Kier molecular flexibility index (Phi) is 26.2. The summed E-state index contributed by atoms with van der Waals surface area (Å²) in [6.07, 6.45) is 28.3. The number of unbranched alkanes of at least 4 members (excludes halogenated alkanes) is 19. The molecule has 0 radical (unpaired) electrons. The van der Waals surface area contributed by atoms with Gasteiger partial charge in [-0.2, -0.15) is 0 Å². The van der Waals surface area contributed by atoms with Crippen LogP contribution in [0.1, 0.15) is 149 Å². The van der Waals surface area contributed by atoms with Gasteiger partial charge >= 0.3 is 0 Å². The zero-order chi connectivity index (χ0) is 31.2. The number of hydrogen-bond acceptors (Lipinski definition) is 7. The molecule has 0 saturated carbocycles. The van der Waals surface area contributed by atoms with Crippen LogP contribution in [0.25, 0.3) is 0 Å². The fourth-order valence-electron chi connectivity index (χ4n) is 5.18. The third-order valence-corrected chi connectivity index (χ3v) is 10.9. The van der Waals surface area contributed by atoms with Crippen molar-refractivity contribution in [2.75, 3.05) is 23.2 Å². The predicted molar refractivity (Wildman–Crippen MR) is 200 cm³/mol. The van der Waals surface area contributed by atoms with Gasteiger partial charge in [0.25, 0.3) is 0 Å². The third kappa shape index (κ3) is 20.9. The Labute approximate surface area is 283 Å². The molecule has 44 heavy (non-hydrogen) atoms. The molecule has 0 saturated heterocycles. The lowest BCUT2D eigenvalue weighted by atomic mass is 10.1. The predicted octanol–water partition coefficient (Wildman–Crippen LogP) is 14.1. The number of para-hydroxylation sites is 2. The molecular formula is C37H62N2O2S3. The van der Waals surface area contributed by atoms with Crippen molar-refractivity contribution in [3.63, 3.8) is 0 Å². The minimum absolute atomic E-state index is 0.639. The Hall–Kier alpha value is -0.990. The second kappa shape index (κ2) is 29.4. The van der Waals surface area contributed by atoms with Crippen molar-refractivity contribution in [3.8, 4) is 0 Å². The minimum Gasteiger partial charge on any atom is -0.384 e. The van der Waals surface area contributed by atoms with Crippen LogP contribution in [0.5, 0.6) is 0 Å². The molecule has 2 aromatic rings. The summed E-state index contributed by atoms with van der Waals surface area (Å²) in [6.45, 7) is 6.24. The molecule has 4 nitrogen and oxygen atoms in total. The van der Waals surface area contributed by atoms with E-state index < -0.39 is 0 Å². The van der Waals surface area contributed by atoms with E-state index >= 15 is 0 Å². The van der Waals surface area contributed by atoms with Gasteiger partial charge in [-0.25, -0.2) is 4.89 Å². The molecule has 7 heteroatoms. The van der Waals surface area contributed by atoms with Crippen LogP contribution >= 0.6 is 33.8 Å². The van der Waals surface area contributed by atoms with Crippen LogP contribution in [-0.2, 0) is 9.22 Å². The van der Waals surface area contributed by atoms with Gasteiger partial charge in [0, 0.05) is 22.0 Å². The van der Waals surface area contributed by atoms with Crippen molar-refractivity contribution >= 4 is 45.2 Å². The number of nitrogens with one attached hydrogen (secondary N) is 2. The van der Waals surface area contributed by atoms with Crippen molar-refractivity contribution in [3.05, 3.63) is 48.5 Å². The average molecular weight is 663 g/mol. The summed E-state index contributed by atoms with van der Waals surface area (Å²) >= 11 is 1.14. The summed E-state index contributed by atoms with van der Waals surface area (Å²) in [6, 6.07) is 17.0. The van der Waals surface area contributed by atoms with E-state index in [1.54, 1.807) is 21.6 Å². The van der Waals surface area contributed by atoms with Gasteiger partial charge in [0.15, 0.2) is 0 Å². The summed E-state index contributed by atoms with van der Waals surface area (Å²) < 4.78 is 8.65. The van der Waals surface area contributed by atoms with Gasteiger partial charge in [0.05, 0.1) is 12.3 Å². The normalized spacial score (nSPS) is 11.2. The van der Waals surface area contributed by atoms with E-state index in [0.717, 1.165) is 30.9 Å². The van der Waals surface area contributed by atoms with Crippen LogP contribution in [-0.4, -0.2) is 13.2 Å². The Balaban J connectivity index is 1.55. The van der Waals surface area contributed by atoms with Crippen molar-refractivity contribution in [2.24, 2.45) is 0 Å². The first-order chi connectivity index (χ1) is 21.8. The molecular weight excluding hydrogens is 601 g/mol. The Morgan fingerprint density at radius 2 is 0.932 bits per heavy atom. The highest BCUT2D eigenvalue weighted by atomic mass is 33.1. The zero-order valence-corrected chi connectivity index (χ0v) is 30.4. The van der Waals surface area contributed by atoms with E-state index in [4.69, 9.17) is 9.22 Å². The van der Waals surface area contributed by atoms with Crippen molar-refractivity contribution in [1.82, 2.24) is 0 Å². The highest BCUT2D eigenvalue weighted by Crippen LogP contribution is 2.43. The van der Waals surface area contributed by atoms with Crippen LogP contribution in [0.2, 0.25) is 0 Å². The standard InChI is InChI=1S/C37H62N2O2S3/c1-3-5-7-9-11-13-15-16-18-20-26-32-38-34-28-22-24-30-36(34)42-43-37-31-25-23-29-35(37)39-44-41-40-33-27-21-19-17-14-12-10-8-6-4-2/h22-25,28-31,38-39H,3-21,26-27,32-33H2,1-2H3. The molecule has 0 unspecified atom stereocenters. The molecule has 0 atom stereocenters. The molecule has 0 bridgehead atoms. The summed E-state index contributed by atoms with van der Waals surface area (Å²) in [7, 11) is 3.56. The third-order valence-electron chi connectivity index (χ3n) is 7.91. The smallest absolute Gasteiger partial charge is 0.148 e. The van der Waals surface area contributed by atoms with Gasteiger partial charge in [-0.3, -0.25) is 0 Å². The van der Waals surface area contributed by atoms with E-state index in [1.165, 1.54) is 144 Å². The Bertz CT molecular complexity index is 918. The topological polar surface area (TPSA) is 42.5 Å². The molecule has 0 aliphatic carbocycles. The lowest BCUT2D eigenvalue weighted by Crippen LogP contribution is -2.02. The Morgan fingerprint density at radius 3 is 1.48 bits per heavy atom. The fourth-order valence-corrected chi connectivity index (χ4v) is 7.96. The molecule has 250 valence electrons. The van der Waals surface area contributed by atoms with Crippen molar-refractivity contribution < 1.29 is 9.22 Å². The quantitative estimate of drug-likeness (QED) is 0.0208. The molecule has 0 amide bonds. The second-order valence-electron chi connectivity index (χ2n) is 11.9. The first-order valence-corrected chi connectivity index (χ1v) is 20.7. The van der Waals surface area contributed by atoms with E-state index in [1.807, 2.05) is 6.07 Å². The SMILES string of the molecule is CCCCCCCCCCCCCNc1ccccc1SSc1ccccc1NSOOCCCCCCCCCCCC. The van der Waals surface area contributed by atoms with Crippen LogP contribution < -0.4 is 10.0 Å². The van der Waals surface area contributed by atoms with E-state index in [2.05, 4.69) is 66.4 Å². The van der Waals surface area contributed by atoms with E-state index in [0.29, 0.717) is 6.61 Å². The molecule has 0 spiro atoms. The second-order valence-corrected chi connectivity index (χ2v) is 14.6. The largest absolute Gasteiger partial charge is 0.384 e. The molecule has 0 aromatic heterocycles. The molecule has 2 aromatic carbocycles. The molecule has 2 N–H and O–H groups in total. The van der Waals surface area contributed by atoms with Crippen molar-refractivity contribution in [2.45, 2.75) is 158 Å². The van der Waals surface area contributed by atoms with Gasteiger partial charge in [-0.05, 0) is 37.1 Å². The molecule has 0 aliphatic rings. The van der Waals surface area contributed by atoms with Crippen LogP contribution in [0.15, 0.2) is 58.3 Å².